The predicted molar refractivity (Wildman–Crippen MR) is 118 cm³/mol. The van der Waals surface area contributed by atoms with Gasteiger partial charge in [0.2, 0.25) is 0 Å². The van der Waals surface area contributed by atoms with E-state index in [2.05, 4.69) is 70.5 Å². The Labute approximate surface area is 177 Å². The molecule has 1 heterocycles. The number of hydrogen-bond donors (Lipinski definition) is 0. The Bertz CT molecular complexity index is 851. The van der Waals surface area contributed by atoms with Crippen LogP contribution in [0.5, 0.6) is 0 Å². The fourth-order valence-electron chi connectivity index (χ4n) is 3.96. The van der Waals surface area contributed by atoms with Crippen molar-refractivity contribution in [2.75, 3.05) is 26.2 Å². The highest BCUT2D eigenvalue weighted by Crippen LogP contribution is 2.30. The third-order valence-corrected chi connectivity index (χ3v) is 6.00. The molecule has 0 spiro atoms. The average molecular weight is 411 g/mol. The van der Waals surface area contributed by atoms with Gasteiger partial charge in [-0.05, 0) is 28.8 Å². The molecule has 1 fully saturated rings. The first-order chi connectivity index (χ1) is 13.7. The van der Waals surface area contributed by atoms with Gasteiger partial charge in [0.25, 0.3) is 0 Å². The fourth-order valence-corrected chi connectivity index (χ4v) is 4.42. The minimum absolute atomic E-state index is 0.295. The second-order valence-electron chi connectivity index (χ2n) is 7.27. The van der Waals surface area contributed by atoms with Crippen LogP contribution in [-0.4, -0.2) is 36.0 Å². The molecule has 0 saturated carbocycles. The summed E-state index contributed by atoms with van der Waals surface area (Å²) in [6.07, 6.45) is 0. The quantitative estimate of drug-likeness (QED) is 0.516. The summed E-state index contributed by atoms with van der Waals surface area (Å²) in [5.74, 6) is 0. The summed E-state index contributed by atoms with van der Waals surface area (Å²) >= 11 is 12.4. The van der Waals surface area contributed by atoms with E-state index in [1.165, 1.54) is 11.1 Å². The van der Waals surface area contributed by atoms with Crippen molar-refractivity contribution in [3.05, 3.63) is 106 Å². The Hall–Kier alpha value is -1.84. The lowest BCUT2D eigenvalue weighted by atomic mass is 9.96. The standard InChI is InChI=1S/C24H24Cl2N2/c25-22-12-11-21(23(26)17-22)18-27-13-15-28(16-14-27)24(19-7-3-1-4-8-19)20-9-5-2-6-10-20/h1-12,17,24H,13-16,18H2. The summed E-state index contributed by atoms with van der Waals surface area (Å²) in [6, 6.07) is 27.7. The van der Waals surface area contributed by atoms with Crippen molar-refractivity contribution in [2.45, 2.75) is 12.6 Å². The average Bonchev–Trinajstić information content (AvgIpc) is 2.73. The summed E-state index contributed by atoms with van der Waals surface area (Å²) in [4.78, 5) is 5.06. The van der Waals surface area contributed by atoms with Gasteiger partial charge in [0.05, 0.1) is 6.04 Å². The van der Waals surface area contributed by atoms with Crippen LogP contribution in [0.3, 0.4) is 0 Å². The zero-order valence-electron chi connectivity index (χ0n) is 15.8. The maximum absolute atomic E-state index is 6.37. The van der Waals surface area contributed by atoms with Crippen LogP contribution < -0.4 is 0 Å². The molecule has 3 aromatic carbocycles. The molecule has 0 radical (unpaired) electrons. The van der Waals surface area contributed by atoms with Gasteiger partial charge in [0, 0.05) is 42.8 Å². The summed E-state index contributed by atoms with van der Waals surface area (Å²) in [5, 5.41) is 1.44. The number of halogens is 2. The highest BCUT2D eigenvalue weighted by molar-refractivity contribution is 6.35. The molecule has 0 aromatic heterocycles. The van der Waals surface area contributed by atoms with Crippen molar-refractivity contribution in [2.24, 2.45) is 0 Å². The van der Waals surface area contributed by atoms with E-state index in [0.717, 1.165) is 43.3 Å². The second-order valence-corrected chi connectivity index (χ2v) is 8.12. The van der Waals surface area contributed by atoms with E-state index in [4.69, 9.17) is 23.2 Å². The van der Waals surface area contributed by atoms with Crippen LogP contribution in [0.15, 0.2) is 78.9 Å². The minimum Gasteiger partial charge on any atom is -0.296 e. The minimum atomic E-state index is 0.295. The lowest BCUT2D eigenvalue weighted by Gasteiger charge is -2.40. The third-order valence-electron chi connectivity index (χ3n) is 5.41. The first-order valence-electron chi connectivity index (χ1n) is 9.71. The SMILES string of the molecule is Clc1ccc(CN2CCN(C(c3ccccc3)c3ccccc3)CC2)c(Cl)c1. The van der Waals surface area contributed by atoms with Gasteiger partial charge >= 0.3 is 0 Å². The third kappa shape index (κ3) is 4.59. The molecule has 3 aromatic rings. The van der Waals surface area contributed by atoms with E-state index in [-0.39, 0.29) is 0 Å². The van der Waals surface area contributed by atoms with Crippen molar-refractivity contribution in [1.29, 1.82) is 0 Å². The smallest absolute Gasteiger partial charge is 0.0602 e. The van der Waals surface area contributed by atoms with Crippen LogP contribution in [-0.2, 0) is 6.54 Å². The van der Waals surface area contributed by atoms with Gasteiger partial charge in [-0.1, -0.05) is 89.9 Å². The first kappa shape index (κ1) is 19.5. The van der Waals surface area contributed by atoms with Crippen molar-refractivity contribution >= 4 is 23.2 Å². The Morgan fingerprint density at radius 1 is 0.714 bits per heavy atom. The Kier molecular flexibility index (Phi) is 6.33. The zero-order valence-corrected chi connectivity index (χ0v) is 17.3. The summed E-state index contributed by atoms with van der Waals surface area (Å²) < 4.78 is 0. The number of benzene rings is 3. The molecule has 0 unspecified atom stereocenters. The number of rotatable bonds is 5. The van der Waals surface area contributed by atoms with Crippen LogP contribution in [0.2, 0.25) is 10.0 Å². The van der Waals surface area contributed by atoms with Gasteiger partial charge in [-0.25, -0.2) is 0 Å². The lowest BCUT2D eigenvalue weighted by molar-refractivity contribution is 0.105. The molecule has 0 atom stereocenters. The van der Waals surface area contributed by atoms with Crippen molar-refractivity contribution in [3.8, 4) is 0 Å². The van der Waals surface area contributed by atoms with Gasteiger partial charge in [-0.3, -0.25) is 9.80 Å². The van der Waals surface area contributed by atoms with Crippen LogP contribution in [0.4, 0.5) is 0 Å². The van der Waals surface area contributed by atoms with E-state index in [9.17, 15) is 0 Å². The van der Waals surface area contributed by atoms with Crippen molar-refractivity contribution in [1.82, 2.24) is 9.80 Å². The van der Waals surface area contributed by atoms with E-state index >= 15 is 0 Å². The maximum Gasteiger partial charge on any atom is 0.0602 e. The molecule has 0 bridgehead atoms. The largest absolute Gasteiger partial charge is 0.296 e. The second kappa shape index (κ2) is 9.11. The zero-order chi connectivity index (χ0) is 19.3. The van der Waals surface area contributed by atoms with Gasteiger partial charge in [0.15, 0.2) is 0 Å². The molecule has 1 aliphatic rings. The lowest BCUT2D eigenvalue weighted by Crippen LogP contribution is -2.47. The van der Waals surface area contributed by atoms with Gasteiger partial charge in [-0.2, -0.15) is 0 Å². The topological polar surface area (TPSA) is 6.48 Å². The van der Waals surface area contributed by atoms with E-state index in [1.54, 1.807) is 0 Å². The molecule has 2 nitrogen and oxygen atoms in total. The molecule has 0 amide bonds. The van der Waals surface area contributed by atoms with Gasteiger partial charge in [-0.15, -0.1) is 0 Å². The van der Waals surface area contributed by atoms with E-state index in [0.29, 0.717) is 11.1 Å². The van der Waals surface area contributed by atoms with Gasteiger partial charge in [0.1, 0.15) is 0 Å². The number of hydrogen-bond acceptors (Lipinski definition) is 2. The predicted octanol–water partition coefficient (Wildman–Crippen LogP) is 5.90. The normalized spacial score (nSPS) is 15.8. The number of nitrogens with zero attached hydrogens (tertiary/aromatic N) is 2. The Morgan fingerprint density at radius 2 is 1.29 bits per heavy atom. The monoisotopic (exact) mass is 410 g/mol. The van der Waals surface area contributed by atoms with Gasteiger partial charge < -0.3 is 0 Å². The van der Waals surface area contributed by atoms with Crippen molar-refractivity contribution in [3.63, 3.8) is 0 Å². The van der Waals surface area contributed by atoms with Crippen LogP contribution in [0.1, 0.15) is 22.7 Å². The molecular weight excluding hydrogens is 387 g/mol. The Balaban J connectivity index is 1.47. The molecule has 0 N–H and O–H groups in total. The highest BCUT2D eigenvalue weighted by atomic mass is 35.5. The molecular formula is C24H24Cl2N2. The molecule has 144 valence electrons. The van der Waals surface area contributed by atoms with Crippen LogP contribution in [0, 0.1) is 0 Å². The van der Waals surface area contributed by atoms with E-state index < -0.39 is 0 Å². The summed E-state index contributed by atoms with van der Waals surface area (Å²) in [7, 11) is 0. The molecule has 1 aliphatic heterocycles. The molecule has 1 saturated heterocycles. The molecule has 0 aliphatic carbocycles. The first-order valence-corrected chi connectivity index (χ1v) is 10.5. The Morgan fingerprint density at radius 3 is 1.82 bits per heavy atom. The van der Waals surface area contributed by atoms with Crippen molar-refractivity contribution < 1.29 is 0 Å². The highest BCUT2D eigenvalue weighted by Gasteiger charge is 2.26. The van der Waals surface area contributed by atoms with Crippen LogP contribution >= 0.6 is 23.2 Å². The summed E-state index contributed by atoms with van der Waals surface area (Å²) in [5.41, 5.74) is 3.84. The maximum atomic E-state index is 6.37. The van der Waals surface area contributed by atoms with Crippen LogP contribution in [0.25, 0.3) is 0 Å². The summed E-state index contributed by atoms with van der Waals surface area (Å²) in [6.45, 7) is 4.97. The van der Waals surface area contributed by atoms with E-state index in [1.807, 2.05) is 18.2 Å². The molecule has 28 heavy (non-hydrogen) atoms. The molecule has 4 heteroatoms. The fraction of sp³-hybridized carbons (Fsp3) is 0.250. The molecule has 4 rings (SSSR count). The number of piperazine rings is 1.